The number of hydrogen-bond acceptors (Lipinski definition) is 4. The molecule has 1 amide bonds. The summed E-state index contributed by atoms with van der Waals surface area (Å²) in [6.07, 6.45) is 11.8. The van der Waals surface area contributed by atoms with Crippen LogP contribution in [0.5, 0.6) is 0 Å². The zero-order valence-electron chi connectivity index (χ0n) is 19.7. The lowest BCUT2D eigenvalue weighted by Gasteiger charge is -2.33. The minimum Gasteiger partial charge on any atom is -0.462 e. The van der Waals surface area contributed by atoms with Gasteiger partial charge < -0.3 is 10.1 Å². The highest BCUT2D eigenvalue weighted by atomic mass is 32.1. The monoisotopic (exact) mass is 435 g/mol. The molecule has 0 fully saturated rings. The number of nitrogens with one attached hydrogen (secondary N) is 1. The fraction of sp³-hybridized carbons (Fsp3) is 0.760. The van der Waals surface area contributed by atoms with Crippen LogP contribution >= 0.6 is 11.3 Å². The summed E-state index contributed by atoms with van der Waals surface area (Å²) in [7, 11) is 0. The minimum atomic E-state index is -0.296. The van der Waals surface area contributed by atoms with Crippen molar-refractivity contribution in [3.8, 4) is 0 Å². The molecule has 1 aromatic heterocycles. The number of ether oxygens (including phenoxy) is 1. The van der Waals surface area contributed by atoms with E-state index in [1.54, 1.807) is 11.3 Å². The molecule has 1 aliphatic rings. The van der Waals surface area contributed by atoms with Crippen LogP contribution in [0, 0.1) is 11.3 Å². The van der Waals surface area contributed by atoms with Crippen molar-refractivity contribution in [2.75, 3.05) is 11.9 Å². The van der Waals surface area contributed by atoms with Crippen molar-refractivity contribution < 1.29 is 14.3 Å². The van der Waals surface area contributed by atoms with E-state index in [0.717, 1.165) is 37.7 Å². The Hall–Kier alpha value is -1.36. The van der Waals surface area contributed by atoms with Gasteiger partial charge in [0.05, 0.1) is 12.2 Å². The Labute approximate surface area is 187 Å². The summed E-state index contributed by atoms with van der Waals surface area (Å²) in [6, 6.07) is 0. The summed E-state index contributed by atoms with van der Waals surface area (Å²) in [6.45, 7) is 11.2. The number of carbonyl (C=O) groups is 2. The molecule has 1 aliphatic carbocycles. The lowest BCUT2D eigenvalue weighted by atomic mass is 9.72. The van der Waals surface area contributed by atoms with Gasteiger partial charge in [0, 0.05) is 11.3 Å². The Kier molecular flexibility index (Phi) is 9.86. The molecule has 0 aliphatic heterocycles. The van der Waals surface area contributed by atoms with Crippen LogP contribution in [0.4, 0.5) is 5.00 Å². The molecule has 1 atom stereocenters. The van der Waals surface area contributed by atoms with Gasteiger partial charge >= 0.3 is 5.97 Å². The highest BCUT2D eigenvalue weighted by molar-refractivity contribution is 7.17. The first-order valence-corrected chi connectivity index (χ1v) is 12.7. The van der Waals surface area contributed by atoms with Gasteiger partial charge in [-0.2, -0.15) is 0 Å². The van der Waals surface area contributed by atoms with Gasteiger partial charge in [0.25, 0.3) is 0 Å². The summed E-state index contributed by atoms with van der Waals surface area (Å²) in [5, 5.41) is 3.75. The summed E-state index contributed by atoms with van der Waals surface area (Å²) in [5.41, 5.74) is 1.95. The average Bonchev–Trinajstić information content (AvgIpc) is 3.03. The number of fused-ring (bicyclic) bond motifs is 1. The molecule has 2 rings (SSSR count). The van der Waals surface area contributed by atoms with Gasteiger partial charge in [0.1, 0.15) is 5.00 Å². The van der Waals surface area contributed by atoms with Crippen LogP contribution in [0.1, 0.15) is 113 Å². The van der Waals surface area contributed by atoms with Crippen LogP contribution in [0.25, 0.3) is 0 Å². The van der Waals surface area contributed by atoms with E-state index in [2.05, 4.69) is 33.0 Å². The van der Waals surface area contributed by atoms with Crippen LogP contribution < -0.4 is 5.32 Å². The van der Waals surface area contributed by atoms with Crippen molar-refractivity contribution in [1.29, 1.82) is 0 Å². The van der Waals surface area contributed by atoms with E-state index in [-0.39, 0.29) is 17.3 Å². The highest BCUT2D eigenvalue weighted by Crippen LogP contribution is 2.44. The van der Waals surface area contributed by atoms with E-state index in [1.807, 2.05) is 6.92 Å². The van der Waals surface area contributed by atoms with Crippen LogP contribution in [-0.2, 0) is 22.4 Å². The summed E-state index contributed by atoms with van der Waals surface area (Å²) < 4.78 is 5.33. The molecular weight excluding hydrogens is 394 g/mol. The average molecular weight is 436 g/mol. The second-order valence-corrected chi connectivity index (χ2v) is 10.8. The molecule has 0 radical (unpaired) electrons. The Morgan fingerprint density at radius 3 is 2.37 bits per heavy atom. The lowest BCUT2D eigenvalue weighted by Crippen LogP contribution is -2.26. The number of hydrogen-bond donors (Lipinski definition) is 1. The summed E-state index contributed by atoms with van der Waals surface area (Å²) in [5.74, 6) is 0.311. The number of carbonyl (C=O) groups excluding carboxylic acids is 2. The lowest BCUT2D eigenvalue weighted by molar-refractivity contribution is -0.116. The van der Waals surface area contributed by atoms with Gasteiger partial charge in [-0.05, 0) is 49.5 Å². The van der Waals surface area contributed by atoms with Gasteiger partial charge in [-0.25, -0.2) is 4.79 Å². The maximum Gasteiger partial charge on any atom is 0.341 e. The molecule has 0 bridgehead atoms. The largest absolute Gasteiger partial charge is 0.462 e. The second-order valence-electron chi connectivity index (χ2n) is 9.65. The summed E-state index contributed by atoms with van der Waals surface area (Å²) >= 11 is 1.58. The number of anilines is 1. The zero-order valence-corrected chi connectivity index (χ0v) is 20.5. The van der Waals surface area contributed by atoms with Crippen molar-refractivity contribution in [1.82, 2.24) is 0 Å². The third-order valence-electron chi connectivity index (χ3n) is 6.23. The molecular formula is C25H41NO3S. The predicted octanol–water partition coefficient (Wildman–Crippen LogP) is 7.16. The minimum absolute atomic E-state index is 0.0140. The number of rotatable bonds is 11. The van der Waals surface area contributed by atoms with E-state index < -0.39 is 0 Å². The van der Waals surface area contributed by atoms with Crippen molar-refractivity contribution in [3.05, 3.63) is 16.0 Å². The molecule has 170 valence electrons. The third-order valence-corrected chi connectivity index (χ3v) is 7.40. The SMILES string of the molecule is CCCCCCCCCC(=O)Nc1sc2c(c1C(=O)OCC)CCC(C(C)(C)C)C2. The second kappa shape index (κ2) is 11.9. The third kappa shape index (κ3) is 7.11. The van der Waals surface area contributed by atoms with Gasteiger partial charge in [-0.15, -0.1) is 11.3 Å². The molecule has 0 saturated carbocycles. The number of thiophene rings is 1. The van der Waals surface area contributed by atoms with E-state index in [0.29, 0.717) is 29.5 Å². The van der Waals surface area contributed by atoms with Gasteiger partial charge in [-0.1, -0.05) is 66.2 Å². The Balaban J connectivity index is 2.01. The zero-order chi connectivity index (χ0) is 22.1. The molecule has 1 aromatic rings. The smallest absolute Gasteiger partial charge is 0.341 e. The molecule has 0 aromatic carbocycles. The standard InChI is InChI=1S/C25H41NO3S/c1-6-8-9-10-11-12-13-14-21(27)26-23-22(24(28)29-7-2)19-16-15-18(25(3,4)5)17-20(19)30-23/h18H,6-17H2,1-5H3,(H,26,27). The number of amides is 1. The fourth-order valence-electron chi connectivity index (χ4n) is 4.26. The van der Waals surface area contributed by atoms with Crippen LogP contribution in [0.3, 0.4) is 0 Å². The maximum absolute atomic E-state index is 12.7. The van der Waals surface area contributed by atoms with Crippen molar-refractivity contribution in [2.24, 2.45) is 11.3 Å². The maximum atomic E-state index is 12.7. The van der Waals surface area contributed by atoms with Gasteiger partial charge in [0.2, 0.25) is 5.91 Å². The van der Waals surface area contributed by atoms with E-state index in [4.69, 9.17) is 4.74 Å². The highest BCUT2D eigenvalue weighted by Gasteiger charge is 2.34. The first-order chi connectivity index (χ1) is 14.3. The van der Waals surface area contributed by atoms with E-state index >= 15 is 0 Å². The molecule has 4 nitrogen and oxygen atoms in total. The molecule has 30 heavy (non-hydrogen) atoms. The molecule has 0 spiro atoms. The van der Waals surface area contributed by atoms with Crippen LogP contribution in [0.2, 0.25) is 0 Å². The van der Waals surface area contributed by atoms with Crippen molar-refractivity contribution >= 4 is 28.2 Å². The first kappa shape index (κ1) is 24.9. The molecule has 1 heterocycles. The van der Waals surface area contributed by atoms with Crippen molar-refractivity contribution in [3.63, 3.8) is 0 Å². The molecule has 0 saturated heterocycles. The normalized spacial score (nSPS) is 16.2. The summed E-state index contributed by atoms with van der Waals surface area (Å²) in [4.78, 5) is 26.5. The van der Waals surface area contributed by atoms with E-state index in [1.165, 1.54) is 37.0 Å². The quantitative estimate of drug-likeness (QED) is 0.296. The molecule has 1 unspecified atom stereocenters. The molecule has 1 N–H and O–H groups in total. The van der Waals surface area contributed by atoms with Crippen LogP contribution in [-0.4, -0.2) is 18.5 Å². The Morgan fingerprint density at radius 2 is 1.73 bits per heavy atom. The molecule has 5 heteroatoms. The Bertz CT molecular complexity index is 702. The Morgan fingerprint density at radius 1 is 1.07 bits per heavy atom. The van der Waals surface area contributed by atoms with Crippen LogP contribution in [0.15, 0.2) is 0 Å². The topological polar surface area (TPSA) is 55.4 Å². The first-order valence-electron chi connectivity index (χ1n) is 11.9. The number of unbranched alkanes of at least 4 members (excludes halogenated alkanes) is 6. The fourth-order valence-corrected chi connectivity index (χ4v) is 5.60. The number of esters is 1. The van der Waals surface area contributed by atoms with Gasteiger partial charge in [0.15, 0.2) is 0 Å². The predicted molar refractivity (Wildman–Crippen MR) is 126 cm³/mol. The van der Waals surface area contributed by atoms with Gasteiger partial charge in [-0.3, -0.25) is 4.79 Å². The van der Waals surface area contributed by atoms with E-state index in [9.17, 15) is 9.59 Å². The van der Waals surface area contributed by atoms with Crippen molar-refractivity contribution in [2.45, 2.75) is 105 Å².